The quantitative estimate of drug-likeness (QED) is 0.672. The zero-order valence-electron chi connectivity index (χ0n) is 20.0. The van der Waals surface area contributed by atoms with Crippen LogP contribution in [-0.2, 0) is 14.3 Å². The van der Waals surface area contributed by atoms with Crippen molar-refractivity contribution in [2.45, 2.75) is 44.6 Å². The lowest BCUT2D eigenvalue weighted by Gasteiger charge is -2.36. The molecule has 2 aromatic carbocycles. The van der Waals surface area contributed by atoms with E-state index in [0.717, 1.165) is 12.8 Å². The fourth-order valence-electron chi connectivity index (χ4n) is 6.11. The fraction of sp³-hybridized carbons (Fsp3) is 0.464. The average Bonchev–Trinajstić information content (AvgIpc) is 3.44. The summed E-state index contributed by atoms with van der Waals surface area (Å²) >= 11 is 0. The molecule has 2 aromatic rings. The Morgan fingerprint density at radius 1 is 1.00 bits per heavy atom. The van der Waals surface area contributed by atoms with E-state index in [9.17, 15) is 19.5 Å². The number of likely N-dealkylation sites (tertiary alicyclic amines) is 1. The predicted octanol–water partition coefficient (Wildman–Crippen LogP) is 4.26. The molecule has 0 spiro atoms. The first-order valence-electron chi connectivity index (χ1n) is 12.6. The van der Waals surface area contributed by atoms with Crippen LogP contribution in [0.15, 0.2) is 48.5 Å². The van der Waals surface area contributed by atoms with Gasteiger partial charge < -0.3 is 20.1 Å². The number of aliphatic carboxylic acids is 1. The molecule has 3 aliphatic rings. The van der Waals surface area contributed by atoms with E-state index in [2.05, 4.69) is 29.6 Å². The van der Waals surface area contributed by atoms with Crippen molar-refractivity contribution in [2.24, 2.45) is 17.8 Å². The van der Waals surface area contributed by atoms with E-state index in [0.29, 0.717) is 25.9 Å². The number of fused-ring (bicyclic) bond motifs is 3. The highest BCUT2D eigenvalue weighted by molar-refractivity contribution is 5.81. The maximum atomic E-state index is 13.0. The Labute approximate surface area is 205 Å². The normalized spacial score (nSPS) is 25.6. The largest absolute Gasteiger partial charge is 0.481 e. The van der Waals surface area contributed by atoms with Gasteiger partial charge in [0, 0.05) is 31.0 Å². The summed E-state index contributed by atoms with van der Waals surface area (Å²) in [7, 11) is 0. The average molecular weight is 477 g/mol. The van der Waals surface area contributed by atoms with Crippen molar-refractivity contribution in [1.82, 2.24) is 10.2 Å². The minimum atomic E-state index is -0.780. The van der Waals surface area contributed by atoms with Crippen LogP contribution >= 0.6 is 0 Å². The lowest BCUT2D eigenvalue weighted by atomic mass is 9.86. The van der Waals surface area contributed by atoms with Crippen molar-refractivity contribution in [3.63, 3.8) is 0 Å². The molecule has 1 saturated heterocycles. The first-order valence-corrected chi connectivity index (χ1v) is 12.6. The zero-order valence-corrected chi connectivity index (χ0v) is 20.0. The number of hydrogen-bond acceptors (Lipinski definition) is 4. The Morgan fingerprint density at radius 2 is 1.66 bits per heavy atom. The van der Waals surface area contributed by atoms with E-state index in [1.807, 2.05) is 36.1 Å². The van der Waals surface area contributed by atoms with Gasteiger partial charge >= 0.3 is 12.1 Å². The van der Waals surface area contributed by atoms with Gasteiger partial charge in [0.25, 0.3) is 0 Å². The van der Waals surface area contributed by atoms with Gasteiger partial charge in [0.05, 0.1) is 5.92 Å². The third kappa shape index (κ3) is 4.64. The second kappa shape index (κ2) is 9.72. The van der Waals surface area contributed by atoms with Gasteiger partial charge in [-0.15, -0.1) is 0 Å². The molecular formula is C28H32N2O5. The molecule has 7 nitrogen and oxygen atoms in total. The maximum Gasteiger partial charge on any atom is 0.407 e. The first-order chi connectivity index (χ1) is 16.9. The molecule has 2 unspecified atom stereocenters. The van der Waals surface area contributed by atoms with Crippen LogP contribution < -0.4 is 5.32 Å². The van der Waals surface area contributed by atoms with E-state index >= 15 is 0 Å². The topological polar surface area (TPSA) is 95.9 Å². The number of rotatable bonds is 5. The Balaban J connectivity index is 1.13. The molecular weight excluding hydrogens is 444 g/mol. The molecule has 2 fully saturated rings. The molecule has 0 bridgehead atoms. The third-order valence-electron chi connectivity index (χ3n) is 7.98. The van der Waals surface area contributed by atoms with Crippen LogP contribution in [0.5, 0.6) is 0 Å². The lowest BCUT2D eigenvalue weighted by molar-refractivity contribution is -0.149. The molecule has 2 N–H and O–H groups in total. The minimum Gasteiger partial charge on any atom is -0.481 e. The number of carboxylic acid groups (broad SMARTS) is 1. The molecule has 5 rings (SSSR count). The summed E-state index contributed by atoms with van der Waals surface area (Å²) in [6.07, 6.45) is 2.11. The predicted molar refractivity (Wildman–Crippen MR) is 131 cm³/mol. The molecule has 184 valence electrons. The van der Waals surface area contributed by atoms with Crippen molar-refractivity contribution in [3.8, 4) is 11.1 Å². The summed E-state index contributed by atoms with van der Waals surface area (Å²) in [5.74, 6) is -1.26. The number of carbonyl (C=O) groups is 3. The van der Waals surface area contributed by atoms with Gasteiger partial charge in [-0.1, -0.05) is 55.5 Å². The van der Waals surface area contributed by atoms with Crippen molar-refractivity contribution in [1.29, 1.82) is 0 Å². The lowest BCUT2D eigenvalue weighted by Crippen LogP contribution is -2.47. The van der Waals surface area contributed by atoms with Gasteiger partial charge in [-0.3, -0.25) is 9.59 Å². The highest BCUT2D eigenvalue weighted by Gasteiger charge is 2.38. The van der Waals surface area contributed by atoms with Crippen molar-refractivity contribution < 1.29 is 24.2 Å². The summed E-state index contributed by atoms with van der Waals surface area (Å²) in [5, 5.41) is 12.3. The molecule has 4 atom stereocenters. The molecule has 1 heterocycles. The Bertz CT molecular complexity index is 1090. The fourth-order valence-corrected chi connectivity index (χ4v) is 6.11. The van der Waals surface area contributed by atoms with Gasteiger partial charge in [-0.05, 0) is 53.9 Å². The molecule has 1 saturated carbocycles. The number of carboxylic acids is 1. The molecule has 2 aliphatic carbocycles. The smallest absolute Gasteiger partial charge is 0.407 e. The van der Waals surface area contributed by atoms with E-state index in [-0.39, 0.29) is 42.2 Å². The molecule has 0 radical (unpaired) electrons. The third-order valence-corrected chi connectivity index (χ3v) is 7.98. The first kappa shape index (κ1) is 23.4. The summed E-state index contributed by atoms with van der Waals surface area (Å²) in [6.45, 7) is 3.14. The molecule has 1 aliphatic heterocycles. The van der Waals surface area contributed by atoms with Crippen molar-refractivity contribution in [2.75, 3.05) is 19.7 Å². The van der Waals surface area contributed by atoms with Crippen molar-refractivity contribution >= 4 is 18.0 Å². The van der Waals surface area contributed by atoms with Gasteiger partial charge in [-0.2, -0.15) is 0 Å². The Kier molecular flexibility index (Phi) is 6.50. The minimum absolute atomic E-state index is 0.0155. The maximum absolute atomic E-state index is 13.0. The van der Waals surface area contributed by atoms with Crippen LogP contribution in [-0.4, -0.2) is 53.7 Å². The Morgan fingerprint density at radius 3 is 2.29 bits per heavy atom. The van der Waals surface area contributed by atoms with Gasteiger partial charge in [0.15, 0.2) is 0 Å². The van der Waals surface area contributed by atoms with E-state index in [1.54, 1.807) is 0 Å². The summed E-state index contributed by atoms with van der Waals surface area (Å²) in [5.41, 5.74) is 4.73. The summed E-state index contributed by atoms with van der Waals surface area (Å²) in [4.78, 5) is 38.8. The molecule has 2 amide bonds. The van der Waals surface area contributed by atoms with Crippen LogP contribution in [0.1, 0.15) is 49.7 Å². The molecule has 7 heteroatoms. The van der Waals surface area contributed by atoms with Gasteiger partial charge in [0.2, 0.25) is 5.91 Å². The number of benzene rings is 2. The van der Waals surface area contributed by atoms with Crippen molar-refractivity contribution in [3.05, 3.63) is 59.7 Å². The number of nitrogens with zero attached hydrogens (tertiary/aromatic N) is 1. The number of hydrogen-bond donors (Lipinski definition) is 2. The second-order valence-corrected chi connectivity index (χ2v) is 10.2. The highest BCUT2D eigenvalue weighted by Crippen LogP contribution is 2.44. The van der Waals surface area contributed by atoms with E-state index < -0.39 is 12.1 Å². The molecule has 35 heavy (non-hydrogen) atoms. The van der Waals surface area contributed by atoms with Crippen LogP contribution in [0, 0.1) is 17.8 Å². The molecule has 0 aromatic heterocycles. The van der Waals surface area contributed by atoms with Gasteiger partial charge in [0.1, 0.15) is 6.61 Å². The monoisotopic (exact) mass is 476 g/mol. The summed E-state index contributed by atoms with van der Waals surface area (Å²) in [6, 6.07) is 16.4. The zero-order chi connectivity index (χ0) is 24.5. The second-order valence-electron chi connectivity index (χ2n) is 10.2. The summed E-state index contributed by atoms with van der Waals surface area (Å²) < 4.78 is 5.66. The van der Waals surface area contributed by atoms with Crippen LogP contribution in [0.3, 0.4) is 0 Å². The number of amides is 2. The number of alkyl carbamates (subject to hydrolysis) is 1. The van der Waals surface area contributed by atoms with E-state index in [1.165, 1.54) is 22.3 Å². The van der Waals surface area contributed by atoms with E-state index in [4.69, 9.17) is 4.74 Å². The number of carbonyl (C=O) groups excluding carboxylic acids is 2. The van der Waals surface area contributed by atoms with Crippen LogP contribution in [0.4, 0.5) is 4.79 Å². The number of ether oxygens (including phenoxy) is 1. The van der Waals surface area contributed by atoms with Crippen LogP contribution in [0.2, 0.25) is 0 Å². The standard InChI is InChI=1S/C28H32N2O5/c1-17-15-30(13-12-20(17)27(32)33)26(31)18-10-11-19(14-18)29-28(34)35-16-25-23-8-4-2-6-21(23)22-7-3-5-9-24(22)25/h2-9,17-20,25H,10-16H2,1H3,(H,29,34)(H,32,33)/t17?,18-,19+,20?/m1/s1. The highest BCUT2D eigenvalue weighted by atomic mass is 16.5. The number of nitrogens with one attached hydrogen (secondary N) is 1. The Hall–Kier alpha value is -3.35. The number of piperidine rings is 1. The SMILES string of the molecule is CC1CN(C(=O)[C@@H]2CC[C@H](NC(=O)OCC3c4ccccc4-c4ccccc43)C2)CCC1C(=O)O. The van der Waals surface area contributed by atoms with Crippen LogP contribution in [0.25, 0.3) is 11.1 Å². The van der Waals surface area contributed by atoms with Gasteiger partial charge in [-0.25, -0.2) is 4.79 Å².